The van der Waals surface area contributed by atoms with E-state index < -0.39 is 0 Å². The summed E-state index contributed by atoms with van der Waals surface area (Å²) in [5, 5.41) is 4.37. The molecule has 0 unspecified atom stereocenters. The van der Waals surface area contributed by atoms with Gasteiger partial charge in [-0.25, -0.2) is 0 Å². The number of hydrogen-bond donors (Lipinski definition) is 1. The molecule has 1 N–H and O–H groups in total. The molecule has 1 aromatic heterocycles. The van der Waals surface area contributed by atoms with Gasteiger partial charge in [-0.2, -0.15) is 0 Å². The highest BCUT2D eigenvalue weighted by Crippen LogP contribution is 2.27. The van der Waals surface area contributed by atoms with Gasteiger partial charge in [-0.1, -0.05) is 13.8 Å². The van der Waals surface area contributed by atoms with Crippen LogP contribution >= 0.6 is 0 Å². The lowest BCUT2D eigenvalue weighted by atomic mass is 10.1. The fourth-order valence-electron chi connectivity index (χ4n) is 2.25. The summed E-state index contributed by atoms with van der Waals surface area (Å²) in [5.74, 6) is 1.50. The van der Waals surface area contributed by atoms with Crippen LogP contribution in [0.5, 0.6) is 5.75 Å². The van der Waals surface area contributed by atoms with Crippen LogP contribution in [0.2, 0.25) is 0 Å². The molecule has 2 aromatic rings. The summed E-state index contributed by atoms with van der Waals surface area (Å²) >= 11 is 0. The van der Waals surface area contributed by atoms with Crippen molar-refractivity contribution in [2.45, 2.75) is 27.2 Å². The van der Waals surface area contributed by atoms with Crippen molar-refractivity contribution >= 4 is 16.6 Å². The summed E-state index contributed by atoms with van der Waals surface area (Å²) in [6, 6.07) is 8.21. The molecular weight excluding hydrogens is 236 g/mol. The lowest BCUT2D eigenvalue weighted by Crippen LogP contribution is -2.01. The van der Waals surface area contributed by atoms with E-state index in [1.165, 1.54) is 0 Å². The average molecular weight is 258 g/mol. The van der Waals surface area contributed by atoms with E-state index >= 15 is 0 Å². The maximum Gasteiger partial charge on any atom is 0.120 e. The van der Waals surface area contributed by atoms with Crippen molar-refractivity contribution in [2.24, 2.45) is 5.92 Å². The standard InChI is InChI=1S/C16H22N2O/c1-5-19-13-6-7-15-14(10-13)16(17-4)9-12(18-15)8-11(2)3/h6-7,9-11H,5,8H2,1-4H3,(H,17,18). The first-order valence-electron chi connectivity index (χ1n) is 6.88. The van der Waals surface area contributed by atoms with Gasteiger partial charge in [0, 0.05) is 23.8 Å². The Morgan fingerprint density at radius 2 is 2.05 bits per heavy atom. The van der Waals surface area contributed by atoms with Crippen LogP contribution in [0.15, 0.2) is 24.3 Å². The average Bonchev–Trinajstić information content (AvgIpc) is 2.38. The Bertz CT molecular complexity index is 564. The summed E-state index contributed by atoms with van der Waals surface area (Å²) in [4.78, 5) is 4.73. The fraction of sp³-hybridized carbons (Fsp3) is 0.438. The third kappa shape index (κ3) is 3.16. The molecule has 0 aliphatic carbocycles. The highest BCUT2D eigenvalue weighted by atomic mass is 16.5. The number of nitrogens with zero attached hydrogens (tertiary/aromatic N) is 1. The van der Waals surface area contributed by atoms with E-state index in [4.69, 9.17) is 9.72 Å². The predicted molar refractivity (Wildman–Crippen MR) is 81.0 cm³/mol. The smallest absolute Gasteiger partial charge is 0.120 e. The number of rotatable bonds is 5. The van der Waals surface area contributed by atoms with E-state index in [1.54, 1.807) is 0 Å². The SMILES string of the molecule is CCOc1ccc2nc(CC(C)C)cc(NC)c2c1. The highest BCUT2D eigenvalue weighted by Gasteiger charge is 2.07. The van der Waals surface area contributed by atoms with Crippen molar-refractivity contribution in [3.63, 3.8) is 0 Å². The van der Waals surface area contributed by atoms with Crippen molar-refractivity contribution in [3.05, 3.63) is 30.0 Å². The molecule has 0 aliphatic heterocycles. The quantitative estimate of drug-likeness (QED) is 0.884. The molecule has 1 aromatic carbocycles. The highest BCUT2D eigenvalue weighted by molar-refractivity contribution is 5.92. The Balaban J connectivity index is 2.49. The molecule has 0 saturated heterocycles. The molecule has 0 bridgehead atoms. The third-order valence-corrected chi connectivity index (χ3v) is 3.03. The molecule has 0 aliphatic rings. The van der Waals surface area contributed by atoms with Gasteiger partial charge >= 0.3 is 0 Å². The molecule has 0 atom stereocenters. The van der Waals surface area contributed by atoms with E-state index in [-0.39, 0.29) is 0 Å². The second-order valence-electron chi connectivity index (χ2n) is 5.12. The Morgan fingerprint density at radius 3 is 2.68 bits per heavy atom. The van der Waals surface area contributed by atoms with Crippen LogP contribution in [0, 0.1) is 5.92 Å². The first-order valence-corrected chi connectivity index (χ1v) is 6.88. The second-order valence-corrected chi connectivity index (χ2v) is 5.12. The summed E-state index contributed by atoms with van der Waals surface area (Å²) in [7, 11) is 1.95. The maximum atomic E-state index is 5.55. The topological polar surface area (TPSA) is 34.1 Å². The Morgan fingerprint density at radius 1 is 1.26 bits per heavy atom. The minimum absolute atomic E-state index is 0.609. The van der Waals surface area contributed by atoms with Gasteiger partial charge in [0.2, 0.25) is 0 Å². The zero-order valence-corrected chi connectivity index (χ0v) is 12.2. The molecule has 0 radical (unpaired) electrons. The Labute approximate surface area is 115 Å². The first-order chi connectivity index (χ1) is 9.13. The number of nitrogens with one attached hydrogen (secondary N) is 1. The lowest BCUT2D eigenvalue weighted by molar-refractivity contribution is 0.340. The van der Waals surface area contributed by atoms with E-state index in [0.717, 1.165) is 34.5 Å². The van der Waals surface area contributed by atoms with Gasteiger partial charge in [0.25, 0.3) is 0 Å². The zero-order valence-electron chi connectivity index (χ0n) is 12.2. The number of pyridine rings is 1. The number of ether oxygens (including phenoxy) is 1. The molecule has 2 rings (SSSR count). The van der Waals surface area contributed by atoms with E-state index in [9.17, 15) is 0 Å². The van der Waals surface area contributed by atoms with Crippen LogP contribution in [0.3, 0.4) is 0 Å². The number of benzene rings is 1. The van der Waals surface area contributed by atoms with E-state index in [0.29, 0.717) is 12.5 Å². The lowest BCUT2D eigenvalue weighted by Gasteiger charge is -2.12. The first kappa shape index (κ1) is 13.7. The molecule has 19 heavy (non-hydrogen) atoms. The molecular formula is C16H22N2O. The van der Waals surface area contributed by atoms with Gasteiger partial charge in [0.15, 0.2) is 0 Å². The second kappa shape index (κ2) is 5.91. The van der Waals surface area contributed by atoms with Crippen molar-refractivity contribution in [3.8, 4) is 5.75 Å². The van der Waals surface area contributed by atoms with Gasteiger partial charge in [0.05, 0.1) is 12.1 Å². The third-order valence-electron chi connectivity index (χ3n) is 3.03. The molecule has 1 heterocycles. The fourth-order valence-corrected chi connectivity index (χ4v) is 2.25. The van der Waals surface area contributed by atoms with Crippen molar-refractivity contribution in [1.29, 1.82) is 0 Å². The van der Waals surface area contributed by atoms with E-state index in [2.05, 4.69) is 31.3 Å². The molecule has 3 heteroatoms. The molecule has 0 fully saturated rings. The van der Waals surface area contributed by atoms with Crippen molar-refractivity contribution in [1.82, 2.24) is 4.98 Å². The summed E-state index contributed by atoms with van der Waals surface area (Å²) in [6.45, 7) is 7.10. The summed E-state index contributed by atoms with van der Waals surface area (Å²) < 4.78 is 5.55. The van der Waals surface area contributed by atoms with Crippen LogP contribution in [-0.2, 0) is 6.42 Å². The van der Waals surface area contributed by atoms with Gasteiger partial charge < -0.3 is 10.1 Å². The van der Waals surface area contributed by atoms with Crippen LogP contribution in [0.25, 0.3) is 10.9 Å². The Kier molecular flexibility index (Phi) is 4.25. The zero-order chi connectivity index (χ0) is 13.8. The van der Waals surface area contributed by atoms with Crippen LogP contribution in [-0.4, -0.2) is 18.6 Å². The molecule has 3 nitrogen and oxygen atoms in total. The minimum Gasteiger partial charge on any atom is -0.494 e. The van der Waals surface area contributed by atoms with Gasteiger partial charge in [0.1, 0.15) is 5.75 Å². The molecule has 102 valence electrons. The van der Waals surface area contributed by atoms with Crippen LogP contribution in [0.4, 0.5) is 5.69 Å². The van der Waals surface area contributed by atoms with Crippen molar-refractivity contribution in [2.75, 3.05) is 19.0 Å². The van der Waals surface area contributed by atoms with Gasteiger partial charge in [-0.15, -0.1) is 0 Å². The number of anilines is 1. The molecule has 0 spiro atoms. The largest absolute Gasteiger partial charge is 0.494 e. The summed E-state index contributed by atoms with van der Waals surface area (Å²) in [6.07, 6.45) is 0.998. The number of hydrogen-bond acceptors (Lipinski definition) is 3. The number of aromatic nitrogens is 1. The normalized spacial score (nSPS) is 11.0. The molecule has 0 saturated carbocycles. The summed E-state index contributed by atoms with van der Waals surface area (Å²) in [5.41, 5.74) is 3.27. The Hall–Kier alpha value is -1.77. The maximum absolute atomic E-state index is 5.55. The van der Waals surface area contributed by atoms with E-state index in [1.807, 2.05) is 26.1 Å². The predicted octanol–water partition coefficient (Wildman–Crippen LogP) is 3.87. The van der Waals surface area contributed by atoms with Gasteiger partial charge in [-0.3, -0.25) is 4.98 Å². The van der Waals surface area contributed by atoms with Crippen LogP contribution < -0.4 is 10.1 Å². The number of fused-ring (bicyclic) bond motifs is 1. The van der Waals surface area contributed by atoms with Crippen molar-refractivity contribution < 1.29 is 4.74 Å². The molecule has 0 amide bonds. The van der Waals surface area contributed by atoms with Gasteiger partial charge in [-0.05, 0) is 43.5 Å². The minimum atomic E-state index is 0.609. The monoisotopic (exact) mass is 258 g/mol. The van der Waals surface area contributed by atoms with Crippen LogP contribution in [0.1, 0.15) is 26.5 Å².